The highest BCUT2D eigenvalue weighted by atomic mass is 32.2. The first-order valence-corrected chi connectivity index (χ1v) is 10.3. The molecule has 0 radical (unpaired) electrons. The zero-order valence-electron chi connectivity index (χ0n) is 14.1. The molecule has 1 aromatic carbocycles. The normalized spacial score (nSPS) is 17.0. The van der Waals surface area contributed by atoms with E-state index in [1.54, 1.807) is 10.4 Å². The summed E-state index contributed by atoms with van der Waals surface area (Å²) in [6.07, 6.45) is 12.7. The van der Waals surface area contributed by atoms with Crippen LogP contribution in [0.25, 0.3) is 6.08 Å². The van der Waals surface area contributed by atoms with E-state index in [4.69, 9.17) is 0 Å². The van der Waals surface area contributed by atoms with E-state index in [9.17, 15) is 0 Å². The SMILES string of the molecule is CCN[s+]1ccc(C2CCCCC2)c1CC=Cc1ccccc1. The summed E-state index contributed by atoms with van der Waals surface area (Å²) in [6.45, 7) is 3.24. The molecule has 0 amide bonds. The molecule has 2 aromatic rings. The molecular weight excluding hydrogens is 298 g/mol. The molecule has 0 spiro atoms. The maximum atomic E-state index is 3.66. The van der Waals surface area contributed by atoms with Crippen molar-refractivity contribution in [1.29, 1.82) is 0 Å². The van der Waals surface area contributed by atoms with Gasteiger partial charge in [0.05, 0.1) is 10.7 Å². The summed E-state index contributed by atoms with van der Waals surface area (Å²) in [4.78, 5) is 1.63. The Labute approximate surface area is 143 Å². The van der Waals surface area contributed by atoms with Crippen molar-refractivity contribution in [2.24, 2.45) is 0 Å². The predicted molar refractivity (Wildman–Crippen MR) is 104 cm³/mol. The van der Waals surface area contributed by atoms with Crippen molar-refractivity contribution in [3.05, 3.63) is 63.9 Å². The third-order valence-corrected chi connectivity index (χ3v) is 6.67. The van der Waals surface area contributed by atoms with Crippen LogP contribution in [0.2, 0.25) is 0 Å². The second kappa shape index (κ2) is 8.47. The summed E-state index contributed by atoms with van der Waals surface area (Å²) < 4.78 is 3.66. The van der Waals surface area contributed by atoms with E-state index < -0.39 is 0 Å². The summed E-state index contributed by atoms with van der Waals surface area (Å²) in [7, 11) is 0.143. The molecule has 1 heterocycles. The van der Waals surface area contributed by atoms with Crippen molar-refractivity contribution >= 4 is 16.7 Å². The lowest BCUT2D eigenvalue weighted by molar-refractivity contribution is 0.443. The molecular formula is C21H28NS+. The minimum absolute atomic E-state index is 0.143. The van der Waals surface area contributed by atoms with Crippen LogP contribution >= 0.6 is 10.7 Å². The molecule has 1 saturated carbocycles. The topological polar surface area (TPSA) is 12.0 Å². The summed E-state index contributed by atoms with van der Waals surface area (Å²) in [5, 5.41) is 2.40. The van der Waals surface area contributed by atoms with Crippen molar-refractivity contribution in [2.45, 2.75) is 51.4 Å². The maximum Gasteiger partial charge on any atom is 0.179 e. The molecule has 23 heavy (non-hydrogen) atoms. The average molecular weight is 327 g/mol. The Morgan fingerprint density at radius 1 is 1.09 bits per heavy atom. The zero-order chi connectivity index (χ0) is 15.9. The maximum absolute atomic E-state index is 3.66. The van der Waals surface area contributed by atoms with Gasteiger partial charge in [0, 0.05) is 24.6 Å². The first-order chi connectivity index (χ1) is 11.4. The van der Waals surface area contributed by atoms with Crippen LogP contribution in [-0.4, -0.2) is 6.54 Å². The number of allylic oxidation sites excluding steroid dienone is 1. The van der Waals surface area contributed by atoms with Gasteiger partial charge in [-0.05, 0) is 31.2 Å². The Morgan fingerprint density at radius 3 is 2.61 bits per heavy atom. The molecule has 1 fully saturated rings. The second-order valence-corrected chi connectivity index (χ2v) is 8.10. The van der Waals surface area contributed by atoms with Gasteiger partial charge in [0.1, 0.15) is 0 Å². The smallest absolute Gasteiger partial charge is 0.118 e. The first kappa shape index (κ1) is 16.5. The number of benzene rings is 1. The molecule has 1 unspecified atom stereocenters. The highest BCUT2D eigenvalue weighted by Crippen LogP contribution is 2.39. The van der Waals surface area contributed by atoms with Crippen LogP contribution in [0.15, 0.2) is 47.9 Å². The summed E-state index contributed by atoms with van der Waals surface area (Å²) in [5.41, 5.74) is 2.94. The molecule has 2 heteroatoms. The standard InChI is InChI=1S/C21H28NS/c1-2-22-23-17-16-20(19-13-7-4-8-14-19)21(23)15-9-12-18-10-5-3-6-11-18/h3,5-6,9-12,16-17,19,22H,2,4,7-8,13-15H2,1H3/q+1. The van der Waals surface area contributed by atoms with Crippen LogP contribution in [0, 0.1) is 0 Å². The minimum atomic E-state index is 0.143. The van der Waals surface area contributed by atoms with Gasteiger partial charge >= 0.3 is 0 Å². The van der Waals surface area contributed by atoms with Crippen molar-refractivity contribution in [2.75, 3.05) is 11.3 Å². The summed E-state index contributed by atoms with van der Waals surface area (Å²) in [5.74, 6) is 0.802. The first-order valence-electron chi connectivity index (χ1n) is 8.98. The molecule has 0 saturated heterocycles. The van der Waals surface area contributed by atoms with Crippen LogP contribution < -0.4 is 4.72 Å². The van der Waals surface area contributed by atoms with E-state index in [1.165, 1.54) is 37.7 Å². The van der Waals surface area contributed by atoms with Crippen LogP contribution in [0.4, 0.5) is 0 Å². The van der Waals surface area contributed by atoms with Gasteiger partial charge in [0.2, 0.25) is 0 Å². The minimum Gasteiger partial charge on any atom is -0.118 e. The highest BCUT2D eigenvalue weighted by Gasteiger charge is 2.26. The fourth-order valence-corrected chi connectivity index (χ4v) is 5.38. The third kappa shape index (κ3) is 4.33. The van der Waals surface area contributed by atoms with Gasteiger partial charge < -0.3 is 0 Å². The lowest BCUT2D eigenvalue weighted by Gasteiger charge is -2.20. The van der Waals surface area contributed by atoms with Gasteiger partial charge in [-0.1, -0.05) is 61.7 Å². The van der Waals surface area contributed by atoms with E-state index in [0.717, 1.165) is 18.9 Å². The molecule has 1 N–H and O–H groups in total. The molecule has 1 atom stereocenters. The van der Waals surface area contributed by atoms with Gasteiger partial charge in [-0.25, -0.2) is 0 Å². The molecule has 3 rings (SSSR count). The Bertz CT molecular complexity index is 621. The molecule has 0 aliphatic heterocycles. The zero-order valence-corrected chi connectivity index (χ0v) is 14.9. The Morgan fingerprint density at radius 2 is 1.87 bits per heavy atom. The number of thiophene rings is 1. The number of nitrogens with one attached hydrogen (secondary N) is 1. The number of rotatable bonds is 6. The monoisotopic (exact) mass is 326 g/mol. The van der Waals surface area contributed by atoms with Gasteiger partial charge in [0.15, 0.2) is 10.3 Å². The average Bonchev–Trinajstić information content (AvgIpc) is 3.00. The summed E-state index contributed by atoms with van der Waals surface area (Å²) in [6, 6.07) is 13.0. The Balaban J connectivity index is 1.77. The third-order valence-electron chi connectivity index (χ3n) is 4.73. The molecule has 122 valence electrons. The van der Waals surface area contributed by atoms with Crippen LogP contribution in [0.3, 0.4) is 0 Å². The van der Waals surface area contributed by atoms with E-state index in [0.29, 0.717) is 0 Å². The van der Waals surface area contributed by atoms with Gasteiger partial charge in [-0.15, -0.1) is 4.72 Å². The van der Waals surface area contributed by atoms with Crippen LogP contribution in [0.5, 0.6) is 0 Å². The van der Waals surface area contributed by atoms with Crippen molar-refractivity contribution in [1.82, 2.24) is 0 Å². The van der Waals surface area contributed by atoms with Gasteiger partial charge in [0.25, 0.3) is 0 Å². The number of hydrogen-bond donors (Lipinski definition) is 1. The van der Waals surface area contributed by atoms with E-state index in [1.807, 2.05) is 0 Å². The molecule has 1 nitrogen and oxygen atoms in total. The lowest BCUT2D eigenvalue weighted by atomic mass is 9.84. The van der Waals surface area contributed by atoms with Gasteiger partial charge in [-0.2, -0.15) is 0 Å². The quantitative estimate of drug-likeness (QED) is 0.614. The predicted octanol–water partition coefficient (Wildman–Crippen LogP) is 6.30. The highest BCUT2D eigenvalue weighted by molar-refractivity contribution is 7.31. The van der Waals surface area contributed by atoms with E-state index in [-0.39, 0.29) is 10.7 Å². The molecule has 0 bridgehead atoms. The number of hydrogen-bond acceptors (Lipinski definition) is 1. The van der Waals surface area contributed by atoms with Crippen LogP contribution in [0.1, 0.15) is 60.9 Å². The molecule has 1 aromatic heterocycles. The Hall–Kier alpha value is -1.38. The Kier molecular flexibility index (Phi) is 6.06. The second-order valence-electron chi connectivity index (χ2n) is 6.37. The van der Waals surface area contributed by atoms with E-state index >= 15 is 0 Å². The fraction of sp³-hybridized carbons (Fsp3) is 0.429. The van der Waals surface area contributed by atoms with Crippen molar-refractivity contribution < 1.29 is 0 Å². The van der Waals surface area contributed by atoms with Crippen molar-refractivity contribution in [3.8, 4) is 0 Å². The fourth-order valence-electron chi connectivity index (χ4n) is 3.59. The van der Waals surface area contributed by atoms with Gasteiger partial charge in [-0.3, -0.25) is 0 Å². The largest absolute Gasteiger partial charge is 0.179 e. The van der Waals surface area contributed by atoms with Crippen molar-refractivity contribution in [3.63, 3.8) is 0 Å². The summed E-state index contributed by atoms with van der Waals surface area (Å²) >= 11 is 0. The van der Waals surface area contributed by atoms with Crippen LogP contribution in [-0.2, 0) is 6.42 Å². The van der Waals surface area contributed by atoms with E-state index in [2.05, 4.69) is 65.6 Å². The molecule has 1 aliphatic carbocycles. The lowest BCUT2D eigenvalue weighted by Crippen LogP contribution is -2.06. The molecule has 1 aliphatic rings.